The van der Waals surface area contributed by atoms with Crippen molar-refractivity contribution in [2.24, 2.45) is 52.3 Å². The van der Waals surface area contributed by atoms with Crippen LogP contribution in [0.1, 0.15) is 85.5 Å². The Kier molecular flexibility index (Phi) is 7.55. The van der Waals surface area contributed by atoms with Crippen molar-refractivity contribution in [3.05, 3.63) is 0 Å². The van der Waals surface area contributed by atoms with Crippen LogP contribution in [0.25, 0.3) is 0 Å². The van der Waals surface area contributed by atoms with Crippen molar-refractivity contribution in [3.63, 3.8) is 0 Å². The summed E-state index contributed by atoms with van der Waals surface area (Å²) in [5.41, 5.74) is -0.285. The molecule has 4 saturated carbocycles. The van der Waals surface area contributed by atoms with Gasteiger partial charge in [0, 0.05) is 19.5 Å². The second kappa shape index (κ2) is 9.97. The van der Waals surface area contributed by atoms with Crippen molar-refractivity contribution in [3.8, 4) is 0 Å². The lowest BCUT2D eigenvalue weighted by Crippen LogP contribution is -2.65. The second-order valence-electron chi connectivity index (χ2n) is 14.1. The SMILES string of the molecule is CCC1C(O)C2C(CC(O)C3(C)C(C(C)CCC(=O)N4CC(S(=O)(=O)O)C4)CCC23)C2(C)CCC(O)CC12. The van der Waals surface area contributed by atoms with Gasteiger partial charge in [0.05, 0.1) is 18.3 Å². The van der Waals surface area contributed by atoms with Crippen LogP contribution in [0.3, 0.4) is 0 Å². The maximum atomic E-state index is 12.7. The summed E-state index contributed by atoms with van der Waals surface area (Å²) >= 11 is 0. The summed E-state index contributed by atoms with van der Waals surface area (Å²) in [6.07, 6.45) is 5.92. The largest absolute Gasteiger partial charge is 0.393 e. The molecule has 0 spiro atoms. The lowest BCUT2D eigenvalue weighted by atomic mass is 9.41. The minimum atomic E-state index is -4.09. The zero-order valence-corrected chi connectivity index (χ0v) is 24.3. The first-order valence-electron chi connectivity index (χ1n) is 15.0. The van der Waals surface area contributed by atoms with E-state index in [-0.39, 0.29) is 77.4 Å². The molecule has 1 aliphatic heterocycles. The van der Waals surface area contributed by atoms with Crippen LogP contribution in [0, 0.1) is 52.3 Å². The van der Waals surface area contributed by atoms with E-state index in [0.29, 0.717) is 19.3 Å². The predicted molar refractivity (Wildman–Crippen MR) is 143 cm³/mol. The fraction of sp³-hybridized carbons (Fsp3) is 0.966. The molecule has 12 unspecified atom stereocenters. The van der Waals surface area contributed by atoms with Crippen LogP contribution in [-0.2, 0) is 14.9 Å². The van der Waals surface area contributed by atoms with E-state index in [4.69, 9.17) is 4.55 Å². The zero-order chi connectivity index (χ0) is 27.8. The maximum absolute atomic E-state index is 12.7. The summed E-state index contributed by atoms with van der Waals surface area (Å²) in [4.78, 5) is 14.2. The van der Waals surface area contributed by atoms with Gasteiger partial charge in [0.2, 0.25) is 5.91 Å². The number of hydrogen-bond acceptors (Lipinski definition) is 6. The Morgan fingerprint density at radius 3 is 2.34 bits per heavy atom. The highest BCUT2D eigenvalue weighted by Crippen LogP contribution is 2.69. The Labute approximate surface area is 228 Å². The van der Waals surface area contributed by atoms with Gasteiger partial charge in [-0.15, -0.1) is 0 Å². The summed E-state index contributed by atoms with van der Waals surface area (Å²) in [5, 5.41) is 33.3. The Balaban J connectivity index is 1.30. The van der Waals surface area contributed by atoms with Crippen molar-refractivity contribution >= 4 is 16.0 Å². The summed E-state index contributed by atoms with van der Waals surface area (Å²) < 4.78 is 31.7. The third-order valence-corrected chi connectivity index (χ3v) is 13.8. The number of rotatable bonds is 6. The Hall–Kier alpha value is -0.740. The standard InChI is InChI=1S/C29H49NO7S/c1-5-19-22-12-17(31)10-11-28(22,3)23-13-24(32)29(4)20(7-8-21(29)26(23)27(19)34)16(2)6-9-25(33)30-14-18(15-30)38(35,36)37/h16-24,26-27,31-32,34H,5-15H2,1-4H3,(H,35,36,37). The highest BCUT2D eigenvalue weighted by Gasteiger charge is 2.67. The van der Waals surface area contributed by atoms with E-state index in [1.165, 1.54) is 4.90 Å². The fourth-order valence-corrected chi connectivity index (χ4v) is 11.2. The molecule has 8 nitrogen and oxygen atoms in total. The van der Waals surface area contributed by atoms with E-state index >= 15 is 0 Å². The van der Waals surface area contributed by atoms with Gasteiger partial charge in [-0.3, -0.25) is 9.35 Å². The van der Waals surface area contributed by atoms with Gasteiger partial charge >= 0.3 is 0 Å². The van der Waals surface area contributed by atoms with Crippen LogP contribution in [0.5, 0.6) is 0 Å². The molecule has 0 aromatic carbocycles. The molecule has 1 amide bonds. The summed E-state index contributed by atoms with van der Waals surface area (Å²) in [6.45, 7) is 9.06. The number of likely N-dealkylation sites (tertiary alicyclic amines) is 1. The van der Waals surface area contributed by atoms with Gasteiger partial charge in [-0.25, -0.2) is 0 Å². The highest BCUT2D eigenvalue weighted by atomic mass is 32.2. The summed E-state index contributed by atoms with van der Waals surface area (Å²) in [5.74, 6) is 1.50. The third-order valence-electron chi connectivity index (χ3n) is 12.7. The minimum Gasteiger partial charge on any atom is -0.393 e. The van der Waals surface area contributed by atoms with Gasteiger partial charge in [-0.1, -0.05) is 34.1 Å². The predicted octanol–water partition coefficient (Wildman–Crippen LogP) is 3.10. The highest BCUT2D eigenvalue weighted by molar-refractivity contribution is 7.86. The molecule has 218 valence electrons. The Morgan fingerprint density at radius 2 is 1.71 bits per heavy atom. The molecule has 38 heavy (non-hydrogen) atoms. The topological polar surface area (TPSA) is 135 Å². The average molecular weight is 556 g/mol. The molecule has 9 heteroatoms. The fourth-order valence-electron chi connectivity index (χ4n) is 10.4. The monoisotopic (exact) mass is 555 g/mol. The maximum Gasteiger partial charge on any atom is 0.271 e. The molecule has 0 aromatic rings. The number of aliphatic hydroxyl groups is 3. The van der Waals surface area contributed by atoms with E-state index in [9.17, 15) is 28.5 Å². The molecule has 0 aromatic heterocycles. The average Bonchev–Trinajstić information content (AvgIpc) is 3.16. The number of carbonyl (C=O) groups excluding carboxylic acids is 1. The molecule has 1 heterocycles. The van der Waals surface area contributed by atoms with Crippen LogP contribution >= 0.6 is 0 Å². The molecular weight excluding hydrogens is 506 g/mol. The number of fused-ring (bicyclic) bond motifs is 5. The van der Waals surface area contributed by atoms with E-state index < -0.39 is 27.6 Å². The van der Waals surface area contributed by atoms with Gasteiger partial charge < -0.3 is 20.2 Å². The van der Waals surface area contributed by atoms with E-state index in [0.717, 1.165) is 38.5 Å². The minimum absolute atomic E-state index is 0.0271. The van der Waals surface area contributed by atoms with Gasteiger partial charge in [0.25, 0.3) is 10.1 Å². The van der Waals surface area contributed by atoms with Crippen molar-refractivity contribution in [2.45, 2.75) is 109 Å². The molecule has 5 aliphatic rings. The van der Waals surface area contributed by atoms with E-state index in [1.807, 2.05) is 0 Å². The smallest absolute Gasteiger partial charge is 0.271 e. The molecule has 12 atom stereocenters. The van der Waals surface area contributed by atoms with Crippen LogP contribution in [-0.4, -0.2) is 75.7 Å². The molecule has 4 N–H and O–H groups in total. The van der Waals surface area contributed by atoms with Crippen molar-refractivity contribution < 1.29 is 33.1 Å². The van der Waals surface area contributed by atoms with Crippen LogP contribution in [0.4, 0.5) is 0 Å². The van der Waals surface area contributed by atoms with Crippen molar-refractivity contribution in [1.29, 1.82) is 0 Å². The zero-order valence-electron chi connectivity index (χ0n) is 23.5. The quantitative estimate of drug-likeness (QED) is 0.370. The van der Waals surface area contributed by atoms with Crippen LogP contribution < -0.4 is 0 Å². The van der Waals surface area contributed by atoms with Crippen molar-refractivity contribution in [2.75, 3.05) is 13.1 Å². The number of amides is 1. The molecule has 0 radical (unpaired) electrons. The van der Waals surface area contributed by atoms with Gasteiger partial charge in [0.1, 0.15) is 5.25 Å². The van der Waals surface area contributed by atoms with Crippen LogP contribution in [0.15, 0.2) is 0 Å². The van der Waals surface area contributed by atoms with Crippen molar-refractivity contribution in [1.82, 2.24) is 4.90 Å². The van der Waals surface area contributed by atoms with Gasteiger partial charge in [0.15, 0.2) is 0 Å². The molecule has 5 rings (SSSR count). The van der Waals surface area contributed by atoms with Gasteiger partial charge in [-0.2, -0.15) is 8.42 Å². The number of carbonyl (C=O) groups is 1. The number of hydrogen-bond donors (Lipinski definition) is 4. The normalized spacial score (nSPS) is 48.0. The Morgan fingerprint density at radius 1 is 1.03 bits per heavy atom. The first-order valence-corrected chi connectivity index (χ1v) is 16.5. The summed E-state index contributed by atoms with van der Waals surface area (Å²) in [6, 6.07) is 0. The molecule has 0 bridgehead atoms. The first-order chi connectivity index (χ1) is 17.7. The lowest BCUT2D eigenvalue weighted by Gasteiger charge is -2.65. The van der Waals surface area contributed by atoms with E-state index in [1.54, 1.807) is 0 Å². The molecule has 4 aliphatic carbocycles. The first kappa shape index (κ1) is 28.8. The van der Waals surface area contributed by atoms with Crippen LogP contribution in [0.2, 0.25) is 0 Å². The second-order valence-corrected chi connectivity index (χ2v) is 15.8. The van der Waals surface area contributed by atoms with E-state index in [2.05, 4.69) is 27.7 Å². The Bertz CT molecular complexity index is 1010. The third kappa shape index (κ3) is 4.38. The molecular formula is C29H49NO7S. The number of aliphatic hydroxyl groups excluding tert-OH is 3. The lowest BCUT2D eigenvalue weighted by molar-refractivity contribution is -0.228. The summed E-state index contributed by atoms with van der Waals surface area (Å²) in [7, 11) is -4.09. The molecule has 5 fully saturated rings. The van der Waals surface area contributed by atoms with Gasteiger partial charge in [-0.05, 0) is 97.2 Å². The number of nitrogens with zero attached hydrogens (tertiary/aromatic N) is 1. The molecule has 1 saturated heterocycles.